The quantitative estimate of drug-likeness (QED) is 0.447. The summed E-state index contributed by atoms with van der Waals surface area (Å²) in [6, 6.07) is 12.9. The fourth-order valence-corrected chi connectivity index (χ4v) is 4.22. The summed E-state index contributed by atoms with van der Waals surface area (Å²) in [5.74, 6) is 1.44. The summed E-state index contributed by atoms with van der Waals surface area (Å²) in [5, 5.41) is 13.7. The Morgan fingerprint density at radius 1 is 1.13 bits per heavy atom. The first-order valence-electron chi connectivity index (χ1n) is 9.59. The van der Waals surface area contributed by atoms with Gasteiger partial charge in [-0.25, -0.2) is 0 Å². The van der Waals surface area contributed by atoms with Gasteiger partial charge in [-0.05, 0) is 42.7 Å². The number of nitrogens with one attached hydrogen (secondary N) is 1. The molecule has 3 aromatic rings. The van der Waals surface area contributed by atoms with Crippen molar-refractivity contribution in [2.24, 2.45) is 13.0 Å². The van der Waals surface area contributed by atoms with Gasteiger partial charge in [0.2, 0.25) is 0 Å². The first kappa shape index (κ1) is 22.7. The number of hydrogen-bond donors (Lipinski definition) is 1. The Labute approximate surface area is 191 Å². The summed E-state index contributed by atoms with van der Waals surface area (Å²) in [7, 11) is 1.92. The number of amides is 1. The van der Waals surface area contributed by atoms with E-state index in [9.17, 15) is 4.79 Å². The number of hydrogen-bond acceptors (Lipinski definition) is 4. The highest BCUT2D eigenvalue weighted by molar-refractivity contribution is 7.98. The fraction of sp³-hybridized carbons (Fsp3) is 0.318. The van der Waals surface area contributed by atoms with Gasteiger partial charge in [0.25, 0.3) is 5.91 Å². The lowest BCUT2D eigenvalue weighted by Crippen LogP contribution is -2.33. The van der Waals surface area contributed by atoms with Crippen LogP contribution in [0.2, 0.25) is 10.0 Å². The van der Waals surface area contributed by atoms with Crippen molar-refractivity contribution in [3.8, 4) is 0 Å². The summed E-state index contributed by atoms with van der Waals surface area (Å²) < 4.78 is 1.93. The third kappa shape index (κ3) is 5.36. The number of thioether (sulfide) groups is 1. The van der Waals surface area contributed by atoms with Crippen molar-refractivity contribution in [1.82, 2.24) is 20.1 Å². The van der Waals surface area contributed by atoms with Crippen LogP contribution in [0.5, 0.6) is 0 Å². The van der Waals surface area contributed by atoms with Crippen molar-refractivity contribution in [2.45, 2.75) is 37.7 Å². The minimum Gasteiger partial charge on any atom is -0.342 e. The van der Waals surface area contributed by atoms with Crippen LogP contribution in [0.3, 0.4) is 0 Å². The van der Waals surface area contributed by atoms with Crippen LogP contribution < -0.4 is 5.32 Å². The average molecular weight is 463 g/mol. The van der Waals surface area contributed by atoms with Crippen LogP contribution in [0, 0.1) is 12.8 Å². The molecule has 30 heavy (non-hydrogen) atoms. The summed E-state index contributed by atoms with van der Waals surface area (Å²) in [6.07, 6.45) is 0. The van der Waals surface area contributed by atoms with Crippen LogP contribution in [0.1, 0.15) is 47.2 Å². The third-order valence-electron chi connectivity index (χ3n) is 4.73. The van der Waals surface area contributed by atoms with Gasteiger partial charge in [0.15, 0.2) is 11.0 Å². The molecule has 0 unspecified atom stereocenters. The molecule has 0 aliphatic rings. The van der Waals surface area contributed by atoms with Crippen LogP contribution >= 0.6 is 35.0 Å². The fourth-order valence-electron chi connectivity index (χ4n) is 3.04. The molecule has 0 radical (unpaired) electrons. The molecule has 0 spiro atoms. The maximum atomic E-state index is 12.8. The van der Waals surface area contributed by atoms with Crippen molar-refractivity contribution in [3.05, 3.63) is 75.0 Å². The third-order valence-corrected chi connectivity index (χ3v) is 6.56. The van der Waals surface area contributed by atoms with Gasteiger partial charge in [-0.2, -0.15) is 0 Å². The normalized spacial score (nSPS) is 12.2. The van der Waals surface area contributed by atoms with Crippen molar-refractivity contribution in [1.29, 1.82) is 0 Å². The van der Waals surface area contributed by atoms with E-state index in [0.29, 0.717) is 21.4 Å². The van der Waals surface area contributed by atoms with Crippen molar-refractivity contribution >= 4 is 40.9 Å². The lowest BCUT2D eigenvalue weighted by atomic mass is 10.0. The molecule has 3 rings (SSSR count). The molecule has 158 valence electrons. The molecule has 0 saturated carbocycles. The van der Waals surface area contributed by atoms with Crippen molar-refractivity contribution in [2.75, 3.05) is 0 Å². The topological polar surface area (TPSA) is 59.8 Å². The Hall–Kier alpha value is -2.02. The number of carbonyl (C=O) groups is 1. The minimum atomic E-state index is -0.255. The van der Waals surface area contributed by atoms with Crippen LogP contribution in [0.15, 0.2) is 47.6 Å². The van der Waals surface area contributed by atoms with E-state index in [2.05, 4.69) is 29.4 Å². The van der Waals surface area contributed by atoms with Crippen LogP contribution in [-0.4, -0.2) is 20.7 Å². The molecule has 1 N–H and O–H groups in total. The van der Waals surface area contributed by atoms with Gasteiger partial charge in [-0.3, -0.25) is 4.79 Å². The van der Waals surface area contributed by atoms with Gasteiger partial charge in [0, 0.05) is 18.4 Å². The zero-order chi connectivity index (χ0) is 21.8. The maximum absolute atomic E-state index is 12.8. The molecule has 1 aromatic heterocycles. The van der Waals surface area contributed by atoms with Gasteiger partial charge in [-0.1, -0.05) is 72.6 Å². The van der Waals surface area contributed by atoms with Gasteiger partial charge in [0.05, 0.1) is 16.1 Å². The van der Waals surface area contributed by atoms with Crippen molar-refractivity contribution < 1.29 is 4.79 Å². The average Bonchev–Trinajstić information content (AvgIpc) is 3.06. The van der Waals surface area contributed by atoms with E-state index in [1.165, 1.54) is 0 Å². The highest BCUT2D eigenvalue weighted by atomic mass is 35.5. The molecular weight excluding hydrogens is 439 g/mol. The highest BCUT2D eigenvalue weighted by Crippen LogP contribution is 2.29. The van der Waals surface area contributed by atoms with Gasteiger partial charge >= 0.3 is 0 Å². The van der Waals surface area contributed by atoms with E-state index in [4.69, 9.17) is 23.2 Å². The number of carbonyl (C=O) groups excluding carboxylic acids is 1. The molecule has 0 fully saturated rings. The van der Waals surface area contributed by atoms with Crippen LogP contribution in [0.25, 0.3) is 0 Å². The van der Waals surface area contributed by atoms with Gasteiger partial charge in [0.1, 0.15) is 0 Å². The Morgan fingerprint density at radius 2 is 1.90 bits per heavy atom. The number of rotatable bonds is 7. The number of nitrogens with zero attached hydrogens (tertiary/aromatic N) is 3. The highest BCUT2D eigenvalue weighted by Gasteiger charge is 2.25. The first-order valence-corrected chi connectivity index (χ1v) is 11.3. The summed E-state index contributed by atoms with van der Waals surface area (Å²) in [4.78, 5) is 12.8. The molecular formula is C22H24Cl2N4OS. The zero-order valence-electron chi connectivity index (χ0n) is 17.3. The number of halogens is 2. The van der Waals surface area contributed by atoms with E-state index < -0.39 is 0 Å². The Morgan fingerprint density at radius 3 is 2.57 bits per heavy atom. The minimum absolute atomic E-state index is 0.120. The molecule has 0 aliphatic heterocycles. The lowest BCUT2D eigenvalue weighted by molar-refractivity contribution is 0.0922. The number of aryl methyl sites for hydroxylation is 1. The Balaban J connectivity index is 1.75. The Kier molecular flexibility index (Phi) is 7.45. The van der Waals surface area contributed by atoms with E-state index in [1.807, 2.05) is 54.9 Å². The van der Waals surface area contributed by atoms with E-state index in [-0.39, 0.29) is 17.9 Å². The molecule has 1 atom stereocenters. The molecule has 5 nitrogen and oxygen atoms in total. The van der Waals surface area contributed by atoms with Crippen molar-refractivity contribution in [3.63, 3.8) is 0 Å². The van der Waals surface area contributed by atoms with Crippen LogP contribution in [-0.2, 0) is 12.8 Å². The predicted octanol–water partition coefficient (Wildman–Crippen LogP) is 5.85. The summed E-state index contributed by atoms with van der Waals surface area (Å²) >= 11 is 13.6. The van der Waals surface area contributed by atoms with Crippen LogP contribution in [0.4, 0.5) is 0 Å². The molecule has 1 amide bonds. The molecule has 8 heteroatoms. The van der Waals surface area contributed by atoms with E-state index >= 15 is 0 Å². The molecule has 0 aliphatic carbocycles. The Bertz CT molecular complexity index is 1050. The largest absolute Gasteiger partial charge is 0.342 e. The van der Waals surface area contributed by atoms with Gasteiger partial charge < -0.3 is 9.88 Å². The first-order chi connectivity index (χ1) is 14.3. The second-order valence-corrected chi connectivity index (χ2v) is 9.26. The molecule has 0 bridgehead atoms. The van der Waals surface area contributed by atoms with Gasteiger partial charge in [-0.15, -0.1) is 10.2 Å². The zero-order valence-corrected chi connectivity index (χ0v) is 19.6. The number of aromatic nitrogens is 3. The molecule has 0 saturated heterocycles. The summed E-state index contributed by atoms with van der Waals surface area (Å²) in [5.41, 5.74) is 2.73. The van der Waals surface area contributed by atoms with E-state index in [0.717, 1.165) is 22.1 Å². The molecule has 1 heterocycles. The standard InChI is InChI=1S/C22H24Cl2N4OS/c1-13(2)19(25-21(29)16-7-5-6-14(3)10-16)20-26-27-22(28(20)4)30-12-15-8-9-17(23)18(24)11-15/h5-11,13,19H,12H2,1-4H3,(H,25,29)/t19-/m1/s1. The van der Waals surface area contributed by atoms with E-state index in [1.54, 1.807) is 17.8 Å². The predicted molar refractivity (Wildman–Crippen MR) is 123 cm³/mol. The second kappa shape index (κ2) is 9.86. The smallest absolute Gasteiger partial charge is 0.251 e. The molecule has 2 aromatic carbocycles. The summed E-state index contributed by atoms with van der Waals surface area (Å²) in [6.45, 7) is 6.08. The maximum Gasteiger partial charge on any atom is 0.251 e. The SMILES string of the molecule is Cc1cccc(C(=O)N[C@@H](c2nnc(SCc3ccc(Cl)c(Cl)c3)n2C)C(C)C)c1. The number of benzene rings is 2. The second-order valence-electron chi connectivity index (χ2n) is 7.50. The monoisotopic (exact) mass is 462 g/mol. The lowest BCUT2D eigenvalue weighted by Gasteiger charge is -2.22.